The van der Waals surface area contributed by atoms with Gasteiger partial charge in [-0.3, -0.25) is 10.6 Å². The fourth-order valence-electron chi connectivity index (χ4n) is 3.69. The topological polar surface area (TPSA) is 173 Å². The number of carboxylic acids is 4. The van der Waals surface area contributed by atoms with Crippen LogP contribution in [0.1, 0.15) is 25.7 Å². The fraction of sp³-hybridized carbons (Fsp3) is 0.714. The van der Waals surface area contributed by atoms with Crippen molar-refractivity contribution in [3.63, 3.8) is 0 Å². The van der Waals surface area contributed by atoms with Gasteiger partial charge in [-0.05, 0) is 45.2 Å². The van der Waals surface area contributed by atoms with Gasteiger partial charge in [0.15, 0.2) is 0 Å². The van der Waals surface area contributed by atoms with Crippen LogP contribution >= 0.6 is 0 Å². The van der Waals surface area contributed by atoms with Crippen LogP contribution in [0.15, 0.2) is 0 Å². The Morgan fingerprint density at radius 3 is 1.25 bits per heavy atom. The van der Waals surface area contributed by atoms with Crippen LogP contribution < -0.4 is 10.6 Å². The average molecular weight is 346 g/mol. The zero-order chi connectivity index (χ0) is 18.7. The van der Waals surface area contributed by atoms with Crippen molar-refractivity contribution in [3.05, 3.63) is 0 Å². The van der Waals surface area contributed by atoms with Crippen molar-refractivity contribution in [1.29, 1.82) is 0 Å². The lowest BCUT2D eigenvalue weighted by Crippen LogP contribution is -2.66. The molecule has 0 spiro atoms. The number of nitrogens with one attached hydrogen (secondary N) is 2. The third-order valence-corrected chi connectivity index (χ3v) is 5.04. The van der Waals surface area contributed by atoms with Crippen molar-refractivity contribution in [2.45, 2.75) is 36.8 Å². The number of rotatable bonds is 8. The van der Waals surface area contributed by atoms with Gasteiger partial charge in [-0.25, -0.2) is 19.2 Å². The maximum absolute atomic E-state index is 11.6. The molecule has 6 N–H and O–H groups in total. The van der Waals surface area contributed by atoms with Crippen LogP contribution in [0.3, 0.4) is 0 Å². The van der Waals surface area contributed by atoms with Crippen molar-refractivity contribution < 1.29 is 39.6 Å². The summed E-state index contributed by atoms with van der Waals surface area (Å²) in [6.07, 6.45) is 0.617. The van der Waals surface area contributed by atoms with Crippen LogP contribution in [-0.2, 0) is 19.2 Å². The van der Waals surface area contributed by atoms with Crippen LogP contribution in [0.5, 0.6) is 0 Å². The Morgan fingerprint density at radius 1 is 0.750 bits per heavy atom. The van der Waals surface area contributed by atoms with Crippen LogP contribution in [0.25, 0.3) is 0 Å². The summed E-state index contributed by atoms with van der Waals surface area (Å²) in [5, 5.41) is 42.3. The van der Waals surface area contributed by atoms with Crippen molar-refractivity contribution >= 4 is 23.9 Å². The maximum Gasteiger partial charge on any atom is 0.335 e. The molecule has 0 heterocycles. The van der Waals surface area contributed by atoms with E-state index in [0.717, 1.165) is 0 Å². The van der Waals surface area contributed by atoms with E-state index in [2.05, 4.69) is 10.6 Å². The quantitative estimate of drug-likeness (QED) is 0.301. The summed E-state index contributed by atoms with van der Waals surface area (Å²) < 4.78 is 0. The Balaban J connectivity index is 3.31. The van der Waals surface area contributed by atoms with Gasteiger partial charge in [-0.2, -0.15) is 0 Å². The first kappa shape index (κ1) is 19.8. The predicted octanol–water partition coefficient (Wildman–Crippen LogP) is -0.952. The first-order valence-electron chi connectivity index (χ1n) is 7.42. The molecule has 0 radical (unpaired) electrons. The van der Waals surface area contributed by atoms with E-state index in [1.165, 1.54) is 14.1 Å². The standard InChI is InChI=1S/C14H22N2O8/c1-15-13(9(17)18,10(19)20)7-4-3-5-8(6-7)14(16-2,11(21)22)12(23)24/h7-8,15-16H,3-6H2,1-2H3,(H,17,18)(H,19,20)(H,21,22)(H,23,24). The van der Waals surface area contributed by atoms with E-state index in [1.807, 2.05) is 0 Å². The van der Waals surface area contributed by atoms with E-state index >= 15 is 0 Å². The summed E-state index contributed by atoms with van der Waals surface area (Å²) in [5.74, 6) is -8.29. The highest BCUT2D eigenvalue weighted by atomic mass is 16.4. The van der Waals surface area contributed by atoms with Gasteiger partial charge in [0.05, 0.1) is 0 Å². The van der Waals surface area contributed by atoms with Crippen molar-refractivity contribution in [2.24, 2.45) is 11.8 Å². The first-order valence-corrected chi connectivity index (χ1v) is 7.42. The molecule has 0 aromatic carbocycles. The maximum atomic E-state index is 11.6. The molecule has 10 nitrogen and oxygen atoms in total. The zero-order valence-corrected chi connectivity index (χ0v) is 13.4. The molecule has 1 saturated carbocycles. The molecule has 2 atom stereocenters. The molecule has 24 heavy (non-hydrogen) atoms. The van der Waals surface area contributed by atoms with Gasteiger partial charge in [0.25, 0.3) is 0 Å². The second kappa shape index (κ2) is 7.14. The highest BCUT2D eigenvalue weighted by Crippen LogP contribution is 2.41. The summed E-state index contributed by atoms with van der Waals surface area (Å²) >= 11 is 0. The van der Waals surface area contributed by atoms with Gasteiger partial charge in [-0.15, -0.1) is 0 Å². The smallest absolute Gasteiger partial charge is 0.335 e. The lowest BCUT2D eigenvalue weighted by Gasteiger charge is -2.42. The molecule has 0 bridgehead atoms. The SMILES string of the molecule is CNC(C(=O)O)(C(=O)O)C1CCCC(C(NC)(C(=O)O)C(=O)O)C1. The van der Waals surface area contributed by atoms with Gasteiger partial charge in [0.1, 0.15) is 0 Å². The van der Waals surface area contributed by atoms with Gasteiger partial charge >= 0.3 is 23.9 Å². The number of hydrogen-bond acceptors (Lipinski definition) is 6. The molecule has 0 aromatic rings. The summed E-state index contributed by atoms with van der Waals surface area (Å²) in [7, 11) is 2.40. The van der Waals surface area contributed by atoms with Crippen LogP contribution in [-0.4, -0.2) is 69.5 Å². The summed E-state index contributed by atoms with van der Waals surface area (Å²) in [6.45, 7) is 0. The number of likely N-dealkylation sites (N-methyl/N-ethyl adjacent to an activating group) is 2. The van der Waals surface area contributed by atoms with Crippen LogP contribution in [0.2, 0.25) is 0 Å². The normalized spacial score (nSPS) is 21.9. The summed E-state index contributed by atoms with van der Waals surface area (Å²) in [6, 6.07) is 0. The van der Waals surface area contributed by atoms with E-state index in [1.54, 1.807) is 0 Å². The third-order valence-electron chi connectivity index (χ3n) is 5.04. The first-order chi connectivity index (χ1) is 11.1. The van der Waals surface area contributed by atoms with E-state index in [4.69, 9.17) is 0 Å². The zero-order valence-electron chi connectivity index (χ0n) is 13.4. The molecule has 0 saturated heterocycles. The second-order valence-corrected chi connectivity index (χ2v) is 5.90. The lowest BCUT2D eigenvalue weighted by atomic mass is 9.65. The fourth-order valence-corrected chi connectivity index (χ4v) is 3.69. The molecule has 136 valence electrons. The minimum Gasteiger partial charge on any atom is -0.479 e. The molecular weight excluding hydrogens is 324 g/mol. The number of carbonyl (C=O) groups is 4. The molecule has 2 unspecified atom stereocenters. The van der Waals surface area contributed by atoms with E-state index < -0.39 is 46.8 Å². The number of aliphatic carboxylic acids is 4. The monoisotopic (exact) mass is 346 g/mol. The molecule has 1 rings (SSSR count). The third kappa shape index (κ3) is 2.82. The largest absolute Gasteiger partial charge is 0.479 e. The van der Waals surface area contributed by atoms with Gasteiger partial charge in [0.2, 0.25) is 11.1 Å². The molecule has 1 fully saturated rings. The molecule has 10 heteroatoms. The van der Waals surface area contributed by atoms with Gasteiger partial charge < -0.3 is 20.4 Å². The number of carboxylic acid groups (broad SMARTS) is 4. The summed E-state index contributed by atoms with van der Waals surface area (Å²) in [5.41, 5.74) is -4.59. The second-order valence-electron chi connectivity index (χ2n) is 5.90. The van der Waals surface area contributed by atoms with Crippen LogP contribution in [0, 0.1) is 11.8 Å². The minimum absolute atomic E-state index is 0.168. The molecule has 0 aliphatic heterocycles. The van der Waals surface area contributed by atoms with E-state index in [0.29, 0.717) is 6.42 Å². The Labute approximate surface area is 137 Å². The molecule has 1 aliphatic carbocycles. The Morgan fingerprint density at radius 2 is 1.04 bits per heavy atom. The van der Waals surface area contributed by atoms with Gasteiger partial charge in [0, 0.05) is 0 Å². The minimum atomic E-state index is -2.30. The highest BCUT2D eigenvalue weighted by Gasteiger charge is 2.58. The van der Waals surface area contributed by atoms with E-state index in [9.17, 15) is 39.6 Å². The highest BCUT2D eigenvalue weighted by molar-refractivity contribution is 6.04. The Hall–Kier alpha value is -2.20. The molecular formula is C14H22N2O8. The lowest BCUT2D eigenvalue weighted by molar-refractivity contribution is -0.166. The van der Waals surface area contributed by atoms with Crippen LogP contribution in [0.4, 0.5) is 0 Å². The summed E-state index contributed by atoms with van der Waals surface area (Å²) in [4.78, 5) is 46.4. The van der Waals surface area contributed by atoms with E-state index in [-0.39, 0.29) is 19.3 Å². The molecule has 0 aromatic heterocycles. The average Bonchev–Trinajstić information content (AvgIpc) is 2.48. The molecule has 1 aliphatic rings. The van der Waals surface area contributed by atoms with Crippen molar-refractivity contribution in [1.82, 2.24) is 10.6 Å². The Bertz CT molecular complexity index is 473. The van der Waals surface area contributed by atoms with Gasteiger partial charge in [-0.1, -0.05) is 6.42 Å². The van der Waals surface area contributed by atoms with Crippen molar-refractivity contribution in [3.8, 4) is 0 Å². The van der Waals surface area contributed by atoms with Crippen molar-refractivity contribution in [2.75, 3.05) is 14.1 Å². The predicted molar refractivity (Wildman–Crippen MR) is 79.6 cm³/mol. The Kier molecular flexibility index (Phi) is 5.90. The molecule has 0 amide bonds. The number of hydrogen-bond donors (Lipinski definition) is 6.